The van der Waals surface area contributed by atoms with Crippen molar-refractivity contribution in [2.24, 2.45) is 46.3 Å². The molecule has 238 valence electrons. The summed E-state index contributed by atoms with van der Waals surface area (Å²) >= 11 is -0.583. The highest BCUT2D eigenvalue weighted by molar-refractivity contribution is 7.91. The summed E-state index contributed by atoms with van der Waals surface area (Å²) in [5, 5.41) is 4.22. The van der Waals surface area contributed by atoms with Crippen LogP contribution in [0.3, 0.4) is 0 Å². The topological polar surface area (TPSA) is 38.3 Å². The van der Waals surface area contributed by atoms with Crippen molar-refractivity contribution in [2.45, 2.75) is 117 Å². The van der Waals surface area contributed by atoms with Crippen molar-refractivity contribution in [1.29, 1.82) is 0 Å². The van der Waals surface area contributed by atoms with Gasteiger partial charge < -0.3 is 9.87 Å². The first kappa shape index (κ1) is 31.6. The Morgan fingerprint density at radius 2 is 1.83 bits per heavy atom. The van der Waals surface area contributed by atoms with Gasteiger partial charge in [0.1, 0.15) is 11.5 Å². The molecule has 0 aromatic heterocycles. The lowest BCUT2D eigenvalue weighted by molar-refractivity contribution is -0.166. The first-order valence-corrected chi connectivity index (χ1v) is 19.5. The van der Waals surface area contributed by atoms with Crippen LogP contribution in [0.1, 0.15) is 111 Å². The maximum absolute atomic E-state index is 13.1. The molecule has 42 heavy (non-hydrogen) atoms. The Kier molecular flexibility index (Phi) is 9.63. The van der Waals surface area contributed by atoms with Crippen molar-refractivity contribution in [3.63, 3.8) is 0 Å². The number of hydrogen-bond acceptors (Lipinski definition) is 3. The summed E-state index contributed by atoms with van der Waals surface area (Å²) in [6.45, 7) is 14.2. The van der Waals surface area contributed by atoms with E-state index in [9.17, 15) is 8.94 Å². The Labute approximate surface area is 260 Å². The maximum Gasteiger partial charge on any atom is 0.118 e. The predicted molar refractivity (Wildman–Crippen MR) is 176 cm³/mol. The molecule has 0 spiro atoms. The van der Waals surface area contributed by atoms with Crippen LogP contribution in [0, 0.1) is 46.3 Å². The molecule has 1 N–H and O–H groups in total. The maximum atomic E-state index is 13.1. The number of fused-ring (bicyclic) bond motifs is 7. The molecule has 9 atom stereocenters. The third kappa shape index (κ3) is 5.51. The van der Waals surface area contributed by atoms with Crippen molar-refractivity contribution in [2.75, 3.05) is 44.4 Å². The quantitative estimate of drug-likeness (QED) is 0.272. The number of alkyl halides is 1. The van der Waals surface area contributed by atoms with E-state index in [0.717, 1.165) is 80.1 Å². The summed E-state index contributed by atoms with van der Waals surface area (Å²) in [6.07, 6.45) is 21.6. The Hall–Kier alpha value is -0.360. The Morgan fingerprint density at radius 3 is 2.60 bits per heavy atom. The van der Waals surface area contributed by atoms with Crippen LogP contribution in [0.5, 0.6) is 0 Å². The number of rotatable bonds is 9. The SMILES string of the molecule is CC/C=C(\CCCF)C1=CCC2(C)C(CCC3(C)C4CC[C@@]5(NCCN6CC[S+]([O-])CC6)CCCC5C4CCC23)C1C. The highest BCUT2D eigenvalue weighted by atomic mass is 32.2. The van der Waals surface area contributed by atoms with Crippen molar-refractivity contribution in [3.8, 4) is 0 Å². The standard InChI is InChI=1S/C37H61FN2OS/c1-5-8-28(9-7-20-38)29-13-17-35(3)31(27(29)2)14-18-36(4)32-15-19-37(39-21-22-40-23-25-42(41)26-24-40)16-6-10-33(37)30(32)11-12-34(35)36/h8,13,27,30-34,39H,5-7,9-12,14-26H2,1-4H3/b28-8+/t27?,30?,31?,32?,33?,34?,35?,36?,37-/m0/s1. The summed E-state index contributed by atoms with van der Waals surface area (Å²) in [6, 6.07) is 0. The highest BCUT2D eigenvalue weighted by Gasteiger charge is 2.64. The zero-order valence-electron chi connectivity index (χ0n) is 27.4. The third-order valence-electron chi connectivity index (χ3n) is 14.3. The molecule has 5 aliphatic carbocycles. The van der Waals surface area contributed by atoms with Crippen LogP contribution in [-0.4, -0.2) is 59.4 Å². The lowest BCUT2D eigenvalue weighted by Gasteiger charge is -2.67. The molecule has 8 unspecified atom stereocenters. The molecule has 0 bridgehead atoms. The van der Waals surface area contributed by atoms with Gasteiger partial charge in [0.2, 0.25) is 0 Å². The predicted octanol–water partition coefficient (Wildman–Crippen LogP) is 8.09. The number of halogens is 1. The summed E-state index contributed by atoms with van der Waals surface area (Å²) in [5.74, 6) is 6.58. The van der Waals surface area contributed by atoms with Crippen LogP contribution in [-0.2, 0) is 11.2 Å². The minimum absolute atomic E-state index is 0.202. The zero-order valence-corrected chi connectivity index (χ0v) is 28.2. The first-order chi connectivity index (χ1) is 20.3. The summed E-state index contributed by atoms with van der Waals surface area (Å²) in [7, 11) is 0. The van der Waals surface area contributed by atoms with Gasteiger partial charge in [-0.1, -0.05) is 57.4 Å². The lowest BCUT2D eigenvalue weighted by atomic mass is 9.38. The van der Waals surface area contributed by atoms with Crippen molar-refractivity contribution >= 4 is 11.2 Å². The molecule has 3 nitrogen and oxygen atoms in total. The smallest absolute Gasteiger partial charge is 0.118 e. The average molecular weight is 601 g/mol. The summed E-state index contributed by atoms with van der Waals surface area (Å²) in [4.78, 5) is 2.54. The fourth-order valence-electron chi connectivity index (χ4n) is 12.4. The molecule has 0 radical (unpaired) electrons. The van der Waals surface area contributed by atoms with Gasteiger partial charge in [-0.15, -0.1) is 0 Å². The molecule has 6 rings (SSSR count). The van der Waals surface area contributed by atoms with Crippen LogP contribution in [0.25, 0.3) is 0 Å². The molecule has 0 aromatic rings. The van der Waals surface area contributed by atoms with Crippen molar-refractivity contribution in [3.05, 3.63) is 23.3 Å². The molecule has 4 saturated carbocycles. The lowest BCUT2D eigenvalue weighted by Crippen LogP contribution is -2.63. The summed E-state index contributed by atoms with van der Waals surface area (Å²) in [5.41, 5.74) is 4.28. The minimum Gasteiger partial charge on any atom is -0.616 e. The molecule has 1 aliphatic heterocycles. The van der Waals surface area contributed by atoms with Crippen LogP contribution in [0.4, 0.5) is 4.39 Å². The van der Waals surface area contributed by atoms with E-state index >= 15 is 0 Å². The number of nitrogens with one attached hydrogen (secondary N) is 1. The number of hydrogen-bond donors (Lipinski definition) is 1. The second kappa shape index (κ2) is 12.8. The van der Waals surface area contributed by atoms with Gasteiger partial charge in [0.25, 0.3) is 0 Å². The average Bonchev–Trinajstić information content (AvgIpc) is 3.41. The van der Waals surface area contributed by atoms with Crippen LogP contribution >= 0.6 is 0 Å². The molecule has 1 heterocycles. The van der Waals surface area contributed by atoms with E-state index in [1.807, 2.05) is 0 Å². The molecule has 5 heteroatoms. The van der Waals surface area contributed by atoms with Crippen LogP contribution in [0.15, 0.2) is 23.3 Å². The molecule has 5 fully saturated rings. The van der Waals surface area contributed by atoms with E-state index in [4.69, 9.17) is 0 Å². The Balaban J connectivity index is 1.16. The number of nitrogens with zero attached hydrogens (tertiary/aromatic N) is 1. The molecular weight excluding hydrogens is 539 g/mol. The first-order valence-electron chi connectivity index (χ1n) is 18.0. The molecule has 6 aliphatic rings. The fraction of sp³-hybridized carbons (Fsp3) is 0.892. The normalized spacial score (nSPS) is 44.6. The Morgan fingerprint density at radius 1 is 1.05 bits per heavy atom. The van der Waals surface area contributed by atoms with Gasteiger partial charge in [-0.05, 0) is 135 Å². The molecule has 0 aromatic carbocycles. The van der Waals surface area contributed by atoms with Crippen LogP contribution in [0.2, 0.25) is 0 Å². The van der Waals surface area contributed by atoms with E-state index in [1.165, 1.54) is 69.8 Å². The molecule has 1 saturated heterocycles. The van der Waals surface area contributed by atoms with E-state index < -0.39 is 11.2 Å². The van der Waals surface area contributed by atoms with Gasteiger partial charge in [-0.25, -0.2) is 0 Å². The summed E-state index contributed by atoms with van der Waals surface area (Å²) < 4.78 is 24.9. The second-order valence-electron chi connectivity index (χ2n) is 15.9. The Bertz CT molecular complexity index is 1010. The van der Waals surface area contributed by atoms with Gasteiger partial charge in [0.05, 0.1) is 6.67 Å². The van der Waals surface area contributed by atoms with Gasteiger partial charge >= 0.3 is 0 Å². The van der Waals surface area contributed by atoms with Crippen molar-refractivity contribution in [1.82, 2.24) is 10.2 Å². The van der Waals surface area contributed by atoms with Gasteiger partial charge in [0, 0.05) is 31.7 Å². The van der Waals surface area contributed by atoms with Crippen LogP contribution < -0.4 is 5.32 Å². The zero-order chi connectivity index (χ0) is 29.5. The minimum atomic E-state index is -0.583. The van der Waals surface area contributed by atoms with E-state index in [2.05, 4.69) is 50.1 Å². The van der Waals surface area contributed by atoms with E-state index in [1.54, 1.807) is 5.57 Å². The molecular formula is C37H61FN2OS. The monoisotopic (exact) mass is 600 g/mol. The largest absolute Gasteiger partial charge is 0.616 e. The van der Waals surface area contributed by atoms with E-state index in [0.29, 0.717) is 28.7 Å². The van der Waals surface area contributed by atoms with Crippen molar-refractivity contribution < 1.29 is 8.94 Å². The molecule has 0 amide bonds. The number of allylic oxidation sites excluding steroid dienone is 4. The van der Waals surface area contributed by atoms with E-state index in [-0.39, 0.29) is 6.67 Å². The fourth-order valence-corrected chi connectivity index (χ4v) is 13.5. The highest BCUT2D eigenvalue weighted by Crippen LogP contribution is 2.70. The third-order valence-corrected chi connectivity index (χ3v) is 15.6. The van der Waals surface area contributed by atoms with Gasteiger partial charge in [-0.2, -0.15) is 0 Å². The van der Waals surface area contributed by atoms with Gasteiger partial charge in [-0.3, -0.25) is 9.29 Å². The second-order valence-corrected chi connectivity index (χ2v) is 17.6. The van der Waals surface area contributed by atoms with Gasteiger partial charge in [0.15, 0.2) is 0 Å².